The minimum absolute atomic E-state index is 0.0138. The topological polar surface area (TPSA) is 44.5 Å². The molecule has 17 heavy (non-hydrogen) atoms. The second-order valence-corrected chi connectivity index (χ2v) is 5.78. The molecule has 0 bridgehead atoms. The highest BCUT2D eigenvalue weighted by Gasteiger charge is 2.34. The molecule has 1 aromatic rings. The molecule has 0 amide bonds. The van der Waals surface area contributed by atoms with Crippen LogP contribution in [0.5, 0.6) is 0 Å². The number of ether oxygens (including phenoxy) is 2. The summed E-state index contributed by atoms with van der Waals surface area (Å²) in [7, 11) is 0. The van der Waals surface area contributed by atoms with Gasteiger partial charge in [-0.15, -0.1) is 0 Å². The zero-order chi connectivity index (χ0) is 12.5. The van der Waals surface area contributed by atoms with E-state index in [9.17, 15) is 0 Å². The van der Waals surface area contributed by atoms with E-state index < -0.39 is 5.79 Å². The molecule has 1 fully saturated rings. The summed E-state index contributed by atoms with van der Waals surface area (Å²) in [6.07, 6.45) is 0.834. The summed E-state index contributed by atoms with van der Waals surface area (Å²) in [5.74, 6) is -0.532. The molecule has 3 nitrogen and oxygen atoms in total. The fraction of sp³-hybridized carbons (Fsp3) is 0.538. The van der Waals surface area contributed by atoms with E-state index in [1.165, 1.54) is 5.56 Å². The lowest BCUT2D eigenvalue weighted by Crippen LogP contribution is -2.53. The molecule has 0 radical (unpaired) electrons. The molecule has 1 heterocycles. The van der Waals surface area contributed by atoms with Crippen molar-refractivity contribution < 1.29 is 9.47 Å². The first-order chi connectivity index (χ1) is 7.96. The van der Waals surface area contributed by atoms with E-state index in [0.717, 1.165) is 10.9 Å². The van der Waals surface area contributed by atoms with Gasteiger partial charge in [-0.25, -0.2) is 0 Å². The molecule has 94 valence electrons. The lowest BCUT2D eigenvalue weighted by molar-refractivity contribution is -0.278. The molecule has 2 N–H and O–H groups in total. The van der Waals surface area contributed by atoms with E-state index in [-0.39, 0.29) is 12.1 Å². The van der Waals surface area contributed by atoms with Gasteiger partial charge in [0.1, 0.15) is 0 Å². The summed E-state index contributed by atoms with van der Waals surface area (Å²) in [6.45, 7) is 4.40. The van der Waals surface area contributed by atoms with Crippen molar-refractivity contribution in [2.75, 3.05) is 6.61 Å². The first kappa shape index (κ1) is 13.0. The van der Waals surface area contributed by atoms with E-state index in [4.69, 9.17) is 15.2 Å². The van der Waals surface area contributed by atoms with Gasteiger partial charge < -0.3 is 15.2 Å². The van der Waals surface area contributed by atoms with Crippen LogP contribution < -0.4 is 5.73 Å². The fourth-order valence-corrected chi connectivity index (χ4v) is 2.20. The third kappa shape index (κ3) is 3.52. The van der Waals surface area contributed by atoms with E-state index >= 15 is 0 Å². The zero-order valence-electron chi connectivity index (χ0n) is 10.2. The number of rotatable bonds is 2. The molecule has 0 saturated carbocycles. The van der Waals surface area contributed by atoms with Crippen LogP contribution in [0.3, 0.4) is 0 Å². The molecule has 4 heteroatoms. The Morgan fingerprint density at radius 2 is 2.00 bits per heavy atom. The van der Waals surface area contributed by atoms with Crippen molar-refractivity contribution in [3.8, 4) is 0 Å². The van der Waals surface area contributed by atoms with Gasteiger partial charge in [0.2, 0.25) is 0 Å². The first-order valence-corrected chi connectivity index (χ1v) is 6.57. The summed E-state index contributed by atoms with van der Waals surface area (Å²) in [4.78, 5) is 0. The number of halogens is 1. The number of hydrogen-bond donors (Lipinski definition) is 1. The molecule has 1 aromatic carbocycles. The average Bonchev–Trinajstić information content (AvgIpc) is 2.26. The number of hydrogen-bond acceptors (Lipinski definition) is 3. The van der Waals surface area contributed by atoms with Crippen molar-refractivity contribution in [3.63, 3.8) is 0 Å². The van der Waals surface area contributed by atoms with Crippen LogP contribution in [0.15, 0.2) is 28.7 Å². The predicted octanol–water partition coefficient (Wildman–Crippen LogP) is 2.47. The SMILES string of the molecule is CC1(C)OC[C@@H](N)[C@H](Cc2ccc(Br)cc2)O1. The van der Waals surface area contributed by atoms with Gasteiger partial charge in [0.15, 0.2) is 5.79 Å². The molecular weight excluding hydrogens is 282 g/mol. The molecule has 1 aliphatic heterocycles. The van der Waals surface area contributed by atoms with Gasteiger partial charge in [0.05, 0.1) is 18.8 Å². The van der Waals surface area contributed by atoms with Crippen LogP contribution in [-0.2, 0) is 15.9 Å². The second kappa shape index (κ2) is 5.06. The molecule has 0 spiro atoms. The average molecular weight is 300 g/mol. The van der Waals surface area contributed by atoms with E-state index in [2.05, 4.69) is 28.1 Å². The Kier molecular flexibility index (Phi) is 3.88. The van der Waals surface area contributed by atoms with Crippen LogP contribution in [0.4, 0.5) is 0 Å². The Bertz CT molecular complexity index is 378. The van der Waals surface area contributed by atoms with Crippen molar-refractivity contribution in [3.05, 3.63) is 34.3 Å². The van der Waals surface area contributed by atoms with Crippen LogP contribution in [0.1, 0.15) is 19.4 Å². The second-order valence-electron chi connectivity index (χ2n) is 4.86. The lowest BCUT2D eigenvalue weighted by atomic mass is 10.0. The number of benzene rings is 1. The highest BCUT2D eigenvalue weighted by molar-refractivity contribution is 9.10. The Morgan fingerprint density at radius 3 is 2.65 bits per heavy atom. The molecular formula is C13H18BrNO2. The van der Waals surface area contributed by atoms with Crippen molar-refractivity contribution in [2.45, 2.75) is 38.2 Å². The van der Waals surface area contributed by atoms with Crippen molar-refractivity contribution in [1.82, 2.24) is 0 Å². The Balaban J connectivity index is 2.04. The van der Waals surface area contributed by atoms with E-state index in [1.807, 2.05) is 26.0 Å². The number of nitrogens with two attached hydrogens (primary N) is 1. The minimum atomic E-state index is -0.532. The zero-order valence-corrected chi connectivity index (χ0v) is 11.7. The molecule has 0 aromatic heterocycles. The van der Waals surface area contributed by atoms with Gasteiger partial charge in [-0.05, 0) is 31.5 Å². The molecule has 2 rings (SSSR count). The predicted molar refractivity (Wildman–Crippen MR) is 70.7 cm³/mol. The minimum Gasteiger partial charge on any atom is -0.349 e. The summed E-state index contributed by atoms with van der Waals surface area (Å²) >= 11 is 3.42. The summed E-state index contributed by atoms with van der Waals surface area (Å²) in [5.41, 5.74) is 7.25. The van der Waals surface area contributed by atoms with Crippen molar-refractivity contribution in [2.24, 2.45) is 5.73 Å². The lowest BCUT2D eigenvalue weighted by Gasteiger charge is -2.39. The standard InChI is InChI=1S/C13H18BrNO2/c1-13(2)16-8-11(15)12(17-13)7-9-3-5-10(14)6-4-9/h3-6,11-12H,7-8,15H2,1-2H3/t11-,12+/m1/s1. The van der Waals surface area contributed by atoms with Crippen LogP contribution in [0, 0.1) is 0 Å². The molecule has 0 aliphatic carbocycles. The maximum Gasteiger partial charge on any atom is 0.163 e. The van der Waals surface area contributed by atoms with E-state index in [0.29, 0.717) is 6.61 Å². The van der Waals surface area contributed by atoms with Crippen molar-refractivity contribution in [1.29, 1.82) is 0 Å². The van der Waals surface area contributed by atoms with Gasteiger partial charge in [0.25, 0.3) is 0 Å². The molecule has 1 saturated heterocycles. The van der Waals surface area contributed by atoms with Gasteiger partial charge in [-0.1, -0.05) is 28.1 Å². The third-order valence-corrected chi connectivity index (χ3v) is 3.41. The molecule has 0 unspecified atom stereocenters. The monoisotopic (exact) mass is 299 g/mol. The summed E-state index contributed by atoms with van der Waals surface area (Å²) < 4.78 is 12.5. The molecule has 1 aliphatic rings. The van der Waals surface area contributed by atoms with Crippen LogP contribution in [0.2, 0.25) is 0 Å². The summed E-state index contributed by atoms with van der Waals surface area (Å²) in [5, 5.41) is 0. The Labute approximate surface area is 110 Å². The van der Waals surface area contributed by atoms with E-state index in [1.54, 1.807) is 0 Å². The van der Waals surface area contributed by atoms with Crippen LogP contribution >= 0.6 is 15.9 Å². The maximum atomic E-state index is 6.02. The summed E-state index contributed by atoms with van der Waals surface area (Å²) in [6, 6.07) is 8.17. The quantitative estimate of drug-likeness (QED) is 0.912. The highest BCUT2D eigenvalue weighted by Crippen LogP contribution is 2.24. The normalized spacial score (nSPS) is 28.0. The first-order valence-electron chi connectivity index (χ1n) is 5.78. The van der Waals surface area contributed by atoms with Crippen LogP contribution in [0.25, 0.3) is 0 Å². The van der Waals surface area contributed by atoms with Crippen molar-refractivity contribution >= 4 is 15.9 Å². The third-order valence-electron chi connectivity index (χ3n) is 2.89. The smallest absolute Gasteiger partial charge is 0.163 e. The van der Waals surface area contributed by atoms with Gasteiger partial charge in [-0.2, -0.15) is 0 Å². The van der Waals surface area contributed by atoms with Gasteiger partial charge in [-0.3, -0.25) is 0 Å². The Hall–Kier alpha value is -0.420. The van der Waals surface area contributed by atoms with Gasteiger partial charge >= 0.3 is 0 Å². The highest BCUT2D eigenvalue weighted by atomic mass is 79.9. The van der Waals surface area contributed by atoms with Crippen LogP contribution in [-0.4, -0.2) is 24.5 Å². The fourth-order valence-electron chi connectivity index (χ4n) is 1.94. The molecule has 2 atom stereocenters. The maximum absolute atomic E-state index is 6.02. The largest absolute Gasteiger partial charge is 0.349 e. The van der Waals surface area contributed by atoms with Gasteiger partial charge in [0, 0.05) is 10.9 Å². The Morgan fingerprint density at radius 1 is 1.35 bits per heavy atom.